The van der Waals surface area contributed by atoms with Gasteiger partial charge in [-0.15, -0.1) is 0 Å². The van der Waals surface area contributed by atoms with Crippen molar-refractivity contribution in [3.63, 3.8) is 0 Å². The van der Waals surface area contributed by atoms with Crippen LogP contribution in [0.4, 0.5) is 0 Å². The van der Waals surface area contributed by atoms with Crippen LogP contribution in [0.1, 0.15) is 41.1 Å². The molecule has 0 aliphatic carbocycles. The van der Waals surface area contributed by atoms with Gasteiger partial charge < -0.3 is 19.5 Å². The Hall–Kier alpha value is -1.92. The Kier molecular flexibility index (Phi) is 5.39. The summed E-state index contributed by atoms with van der Waals surface area (Å²) in [5, 5.41) is 4.29. The first-order chi connectivity index (χ1) is 12.0. The molecule has 0 amide bonds. The SMILES string of the molecule is COCCCN1C(=S)N[C@@H](c2ccccn2)[C@@H]1c1cc(C)n(C)c1C. The maximum atomic E-state index is 5.67. The van der Waals surface area contributed by atoms with E-state index in [1.807, 2.05) is 18.3 Å². The lowest BCUT2D eigenvalue weighted by atomic mass is 9.96. The minimum Gasteiger partial charge on any atom is -0.385 e. The molecular weight excluding hydrogens is 332 g/mol. The highest BCUT2D eigenvalue weighted by molar-refractivity contribution is 7.80. The predicted octanol–water partition coefficient (Wildman–Crippen LogP) is 3.05. The third-order valence-corrected chi connectivity index (χ3v) is 5.43. The molecule has 0 radical (unpaired) electrons. The summed E-state index contributed by atoms with van der Waals surface area (Å²) < 4.78 is 7.47. The van der Waals surface area contributed by atoms with Gasteiger partial charge in [0.15, 0.2) is 5.11 Å². The fraction of sp³-hybridized carbons (Fsp3) is 0.474. The first kappa shape index (κ1) is 17.9. The summed E-state index contributed by atoms with van der Waals surface area (Å²) in [6.45, 7) is 5.91. The molecule has 1 saturated heterocycles. The quantitative estimate of drug-likeness (QED) is 0.635. The number of nitrogens with one attached hydrogen (secondary N) is 1. The molecule has 134 valence electrons. The Morgan fingerprint density at radius 1 is 1.32 bits per heavy atom. The Morgan fingerprint density at radius 3 is 2.72 bits per heavy atom. The van der Waals surface area contributed by atoms with Gasteiger partial charge in [-0.05, 0) is 56.2 Å². The molecule has 0 spiro atoms. The van der Waals surface area contributed by atoms with Crippen LogP contribution in [-0.4, -0.2) is 39.8 Å². The van der Waals surface area contributed by atoms with Gasteiger partial charge in [0, 0.05) is 44.9 Å². The third kappa shape index (κ3) is 3.41. The van der Waals surface area contributed by atoms with E-state index in [-0.39, 0.29) is 12.1 Å². The summed E-state index contributed by atoms with van der Waals surface area (Å²) in [6, 6.07) is 8.50. The van der Waals surface area contributed by atoms with Gasteiger partial charge in [-0.25, -0.2) is 0 Å². The van der Waals surface area contributed by atoms with E-state index in [4.69, 9.17) is 17.0 Å². The zero-order valence-corrected chi connectivity index (χ0v) is 16.1. The standard InChI is InChI=1S/C19H26N4OS/c1-13-12-15(14(2)22(13)3)18-17(16-8-5-6-9-20-16)21-19(25)23(18)10-7-11-24-4/h5-6,8-9,12,17-18H,7,10-11H2,1-4H3,(H,21,25)/t17-,18-/m0/s1. The number of thiocarbonyl (C=S) groups is 1. The maximum absolute atomic E-state index is 5.67. The summed E-state index contributed by atoms with van der Waals surface area (Å²) in [4.78, 5) is 6.87. The summed E-state index contributed by atoms with van der Waals surface area (Å²) in [7, 11) is 3.85. The average Bonchev–Trinajstić information content (AvgIpc) is 3.07. The van der Waals surface area contributed by atoms with Crippen molar-refractivity contribution in [1.82, 2.24) is 19.8 Å². The fourth-order valence-corrected chi connectivity index (χ4v) is 3.88. The molecule has 3 heterocycles. The van der Waals surface area contributed by atoms with Crippen LogP contribution in [0.3, 0.4) is 0 Å². The topological polar surface area (TPSA) is 42.3 Å². The minimum absolute atomic E-state index is 0.0525. The van der Waals surface area contributed by atoms with Crippen LogP contribution in [0.15, 0.2) is 30.5 Å². The molecule has 3 rings (SSSR count). The van der Waals surface area contributed by atoms with Gasteiger partial charge in [0.1, 0.15) is 0 Å². The second-order valence-electron chi connectivity index (χ2n) is 6.55. The maximum Gasteiger partial charge on any atom is 0.170 e. The van der Waals surface area contributed by atoms with Crippen molar-refractivity contribution in [1.29, 1.82) is 0 Å². The smallest absolute Gasteiger partial charge is 0.170 e. The molecule has 5 nitrogen and oxygen atoms in total. The van der Waals surface area contributed by atoms with E-state index < -0.39 is 0 Å². The van der Waals surface area contributed by atoms with Crippen molar-refractivity contribution >= 4 is 17.3 Å². The van der Waals surface area contributed by atoms with Crippen LogP contribution in [-0.2, 0) is 11.8 Å². The minimum atomic E-state index is 0.0525. The van der Waals surface area contributed by atoms with Crippen LogP contribution < -0.4 is 5.32 Å². The van der Waals surface area contributed by atoms with E-state index in [0.717, 1.165) is 30.4 Å². The van der Waals surface area contributed by atoms with Crippen molar-refractivity contribution in [3.8, 4) is 0 Å². The highest BCUT2D eigenvalue weighted by Gasteiger charge is 2.40. The number of nitrogens with zero attached hydrogens (tertiary/aromatic N) is 3. The molecule has 2 aromatic rings. The molecule has 1 N–H and O–H groups in total. The van der Waals surface area contributed by atoms with Crippen molar-refractivity contribution in [2.75, 3.05) is 20.3 Å². The van der Waals surface area contributed by atoms with Gasteiger partial charge in [0.2, 0.25) is 0 Å². The van der Waals surface area contributed by atoms with Gasteiger partial charge in [-0.1, -0.05) is 6.07 Å². The fourth-order valence-electron chi connectivity index (χ4n) is 3.55. The number of hydrogen-bond donors (Lipinski definition) is 1. The van der Waals surface area contributed by atoms with Crippen LogP contribution in [0.5, 0.6) is 0 Å². The molecule has 2 atom stereocenters. The zero-order valence-electron chi connectivity index (χ0n) is 15.3. The molecule has 0 aromatic carbocycles. The lowest BCUT2D eigenvalue weighted by Gasteiger charge is -2.28. The van der Waals surface area contributed by atoms with Crippen LogP contribution in [0.25, 0.3) is 0 Å². The first-order valence-electron chi connectivity index (χ1n) is 8.64. The highest BCUT2D eigenvalue weighted by Crippen LogP contribution is 2.40. The van der Waals surface area contributed by atoms with E-state index in [9.17, 15) is 0 Å². The molecule has 0 unspecified atom stereocenters. The molecule has 1 aliphatic rings. The number of aryl methyl sites for hydroxylation is 1. The van der Waals surface area contributed by atoms with Gasteiger partial charge >= 0.3 is 0 Å². The third-order valence-electron chi connectivity index (χ3n) is 5.08. The lowest BCUT2D eigenvalue weighted by Crippen LogP contribution is -2.31. The number of rotatable bonds is 6. The summed E-state index contributed by atoms with van der Waals surface area (Å²) in [5.74, 6) is 0. The van der Waals surface area contributed by atoms with Gasteiger partial charge in [0.05, 0.1) is 17.8 Å². The van der Waals surface area contributed by atoms with Crippen molar-refractivity contribution < 1.29 is 4.74 Å². The molecule has 1 aliphatic heterocycles. The van der Waals surface area contributed by atoms with Gasteiger partial charge in [0.25, 0.3) is 0 Å². The number of aromatic nitrogens is 2. The second-order valence-corrected chi connectivity index (χ2v) is 6.94. The van der Waals surface area contributed by atoms with Gasteiger partial charge in [-0.3, -0.25) is 4.98 Å². The lowest BCUT2D eigenvalue weighted by molar-refractivity contribution is 0.180. The largest absolute Gasteiger partial charge is 0.385 e. The number of methoxy groups -OCH3 is 1. The normalized spacial score (nSPS) is 20.2. The monoisotopic (exact) mass is 358 g/mol. The average molecular weight is 359 g/mol. The Morgan fingerprint density at radius 2 is 2.12 bits per heavy atom. The molecule has 0 bridgehead atoms. The Balaban J connectivity index is 2.00. The molecule has 2 aromatic heterocycles. The summed E-state index contributed by atoms with van der Waals surface area (Å²) in [6.07, 6.45) is 2.78. The predicted molar refractivity (Wildman–Crippen MR) is 104 cm³/mol. The van der Waals surface area contributed by atoms with E-state index >= 15 is 0 Å². The Labute approximate surface area is 155 Å². The van der Waals surface area contributed by atoms with Crippen molar-refractivity contribution in [2.24, 2.45) is 7.05 Å². The molecule has 6 heteroatoms. The van der Waals surface area contributed by atoms with Crippen molar-refractivity contribution in [3.05, 3.63) is 53.1 Å². The second kappa shape index (κ2) is 7.54. The highest BCUT2D eigenvalue weighted by atomic mass is 32.1. The molecule has 1 fully saturated rings. The van der Waals surface area contributed by atoms with E-state index in [0.29, 0.717) is 0 Å². The van der Waals surface area contributed by atoms with Crippen molar-refractivity contribution in [2.45, 2.75) is 32.4 Å². The van der Waals surface area contributed by atoms with Crippen LogP contribution in [0.2, 0.25) is 0 Å². The van der Waals surface area contributed by atoms with Crippen LogP contribution >= 0.6 is 12.2 Å². The van der Waals surface area contributed by atoms with E-state index in [1.165, 1.54) is 17.0 Å². The summed E-state index contributed by atoms with van der Waals surface area (Å²) in [5.41, 5.74) is 4.85. The number of ether oxygens (including phenoxy) is 1. The summed E-state index contributed by atoms with van der Waals surface area (Å²) >= 11 is 5.67. The number of hydrogen-bond acceptors (Lipinski definition) is 3. The molecule has 25 heavy (non-hydrogen) atoms. The van der Waals surface area contributed by atoms with Crippen LogP contribution in [0, 0.1) is 13.8 Å². The van der Waals surface area contributed by atoms with E-state index in [1.54, 1.807) is 7.11 Å². The number of pyridine rings is 1. The zero-order chi connectivity index (χ0) is 18.0. The molecule has 0 saturated carbocycles. The first-order valence-corrected chi connectivity index (χ1v) is 9.05. The molecular formula is C19H26N4OS. The Bertz CT molecular complexity index is 743. The van der Waals surface area contributed by atoms with E-state index in [2.05, 4.69) is 52.8 Å². The van der Waals surface area contributed by atoms with Gasteiger partial charge in [-0.2, -0.15) is 0 Å².